The third-order valence-corrected chi connectivity index (χ3v) is 6.90. The molecule has 2 amide bonds. The molecule has 0 aliphatic carbocycles. The van der Waals surface area contributed by atoms with Crippen molar-refractivity contribution in [2.24, 2.45) is 0 Å². The van der Waals surface area contributed by atoms with Crippen molar-refractivity contribution in [2.45, 2.75) is 30.7 Å². The van der Waals surface area contributed by atoms with Crippen LogP contribution in [0.4, 0.5) is 4.79 Å². The van der Waals surface area contributed by atoms with E-state index in [1.807, 2.05) is 25.1 Å². The minimum atomic E-state index is -3.50. The number of nitrogens with zero attached hydrogens (tertiary/aromatic N) is 2. The fourth-order valence-electron chi connectivity index (χ4n) is 3.28. The number of urea groups is 1. The lowest BCUT2D eigenvalue weighted by Crippen LogP contribution is -2.54. The summed E-state index contributed by atoms with van der Waals surface area (Å²) in [4.78, 5) is 14.5. The number of hydrogen-bond donors (Lipinski definition) is 1. The fraction of sp³-hybridized carbons (Fsp3) is 0.381. The average molecular weight is 402 g/mol. The van der Waals surface area contributed by atoms with E-state index in [0.29, 0.717) is 31.1 Å². The first-order chi connectivity index (χ1) is 13.5. The van der Waals surface area contributed by atoms with Crippen molar-refractivity contribution in [1.82, 2.24) is 14.5 Å². The first-order valence-corrected chi connectivity index (χ1v) is 11.1. The topological polar surface area (TPSA) is 69.7 Å². The molecule has 0 bridgehead atoms. The number of benzene rings is 2. The first kappa shape index (κ1) is 20.4. The molecule has 0 aromatic heterocycles. The summed E-state index contributed by atoms with van der Waals surface area (Å²) in [5, 5.41) is 3.02. The summed E-state index contributed by atoms with van der Waals surface area (Å²) in [5.41, 5.74) is 1.25. The van der Waals surface area contributed by atoms with Gasteiger partial charge in [0.25, 0.3) is 0 Å². The Bertz CT molecular complexity index is 864. The molecule has 1 aliphatic rings. The second-order valence-electron chi connectivity index (χ2n) is 7.08. The second kappa shape index (κ2) is 9.21. The first-order valence-electron chi connectivity index (χ1n) is 9.61. The molecular formula is C21H27N3O3S. The summed E-state index contributed by atoms with van der Waals surface area (Å²) in [6, 6.07) is 18.5. The van der Waals surface area contributed by atoms with Gasteiger partial charge in [0.2, 0.25) is 10.0 Å². The molecule has 1 heterocycles. The van der Waals surface area contributed by atoms with Crippen LogP contribution < -0.4 is 5.32 Å². The van der Waals surface area contributed by atoms with Gasteiger partial charge < -0.3 is 10.2 Å². The van der Waals surface area contributed by atoms with Gasteiger partial charge in [-0.15, -0.1) is 0 Å². The van der Waals surface area contributed by atoms with Crippen molar-refractivity contribution in [2.75, 3.05) is 26.2 Å². The Morgan fingerprint density at radius 1 is 0.964 bits per heavy atom. The molecule has 7 heteroatoms. The molecule has 1 fully saturated rings. The van der Waals surface area contributed by atoms with Gasteiger partial charge in [0, 0.05) is 32.2 Å². The van der Waals surface area contributed by atoms with Gasteiger partial charge in [0.15, 0.2) is 0 Å². The van der Waals surface area contributed by atoms with Crippen LogP contribution in [-0.4, -0.2) is 55.9 Å². The minimum Gasteiger partial charge on any atom is -0.336 e. The van der Waals surface area contributed by atoms with Crippen molar-refractivity contribution in [3.63, 3.8) is 0 Å². The van der Waals surface area contributed by atoms with Crippen molar-refractivity contribution < 1.29 is 13.2 Å². The van der Waals surface area contributed by atoms with Crippen LogP contribution in [0.5, 0.6) is 0 Å². The standard InChI is InChI=1S/C21H27N3O3S/c1-18(12-13-19-8-4-2-5-9-19)22-21(25)23-14-16-24(17-15-23)28(26,27)20-10-6-3-7-11-20/h2-11,18H,12-17H2,1H3,(H,22,25). The lowest BCUT2D eigenvalue weighted by molar-refractivity contribution is 0.169. The van der Waals surface area contributed by atoms with Crippen LogP contribution in [0, 0.1) is 0 Å². The summed E-state index contributed by atoms with van der Waals surface area (Å²) < 4.78 is 26.8. The molecule has 6 nitrogen and oxygen atoms in total. The Kier molecular flexibility index (Phi) is 6.70. The number of piperazine rings is 1. The van der Waals surface area contributed by atoms with Gasteiger partial charge in [-0.3, -0.25) is 0 Å². The average Bonchev–Trinajstić information content (AvgIpc) is 2.73. The molecule has 28 heavy (non-hydrogen) atoms. The van der Waals surface area contributed by atoms with E-state index in [1.54, 1.807) is 35.2 Å². The number of carbonyl (C=O) groups is 1. The predicted molar refractivity (Wildman–Crippen MR) is 110 cm³/mol. The van der Waals surface area contributed by atoms with E-state index in [1.165, 1.54) is 9.87 Å². The highest BCUT2D eigenvalue weighted by molar-refractivity contribution is 7.89. The van der Waals surface area contributed by atoms with E-state index in [0.717, 1.165) is 12.8 Å². The zero-order valence-corrected chi connectivity index (χ0v) is 16.9. The fourth-order valence-corrected chi connectivity index (χ4v) is 4.72. The highest BCUT2D eigenvalue weighted by Gasteiger charge is 2.30. The van der Waals surface area contributed by atoms with Crippen LogP contribution in [-0.2, 0) is 16.4 Å². The SMILES string of the molecule is CC(CCc1ccccc1)NC(=O)N1CCN(S(=O)(=O)c2ccccc2)CC1. The maximum Gasteiger partial charge on any atom is 0.317 e. The number of rotatable bonds is 6. The molecule has 1 aliphatic heterocycles. The minimum absolute atomic E-state index is 0.0544. The van der Waals surface area contributed by atoms with Crippen LogP contribution in [0.1, 0.15) is 18.9 Å². The molecule has 1 atom stereocenters. The van der Waals surface area contributed by atoms with E-state index in [2.05, 4.69) is 17.4 Å². The van der Waals surface area contributed by atoms with Gasteiger partial charge in [-0.1, -0.05) is 48.5 Å². The van der Waals surface area contributed by atoms with Gasteiger partial charge in [-0.25, -0.2) is 13.2 Å². The third-order valence-electron chi connectivity index (χ3n) is 4.99. The van der Waals surface area contributed by atoms with Crippen molar-refractivity contribution in [1.29, 1.82) is 0 Å². The number of sulfonamides is 1. The quantitative estimate of drug-likeness (QED) is 0.809. The molecule has 0 saturated carbocycles. The van der Waals surface area contributed by atoms with Gasteiger partial charge >= 0.3 is 6.03 Å². The van der Waals surface area contributed by atoms with Crippen LogP contribution in [0.15, 0.2) is 65.6 Å². The maximum atomic E-state index is 12.7. The van der Waals surface area contributed by atoms with E-state index >= 15 is 0 Å². The van der Waals surface area contributed by atoms with Gasteiger partial charge in [0.05, 0.1) is 4.90 Å². The Hall–Kier alpha value is -2.38. The largest absolute Gasteiger partial charge is 0.336 e. The monoisotopic (exact) mass is 401 g/mol. The zero-order chi connectivity index (χ0) is 20.0. The van der Waals surface area contributed by atoms with E-state index in [4.69, 9.17) is 0 Å². The van der Waals surface area contributed by atoms with Gasteiger partial charge in [0.1, 0.15) is 0 Å². The summed E-state index contributed by atoms with van der Waals surface area (Å²) in [5.74, 6) is 0. The molecule has 2 aromatic carbocycles. The van der Waals surface area contributed by atoms with Crippen molar-refractivity contribution >= 4 is 16.1 Å². The maximum absolute atomic E-state index is 12.7. The smallest absolute Gasteiger partial charge is 0.317 e. The number of carbonyl (C=O) groups excluding carboxylic acids is 1. The third kappa shape index (κ3) is 5.11. The highest BCUT2D eigenvalue weighted by atomic mass is 32.2. The van der Waals surface area contributed by atoms with Crippen LogP contribution >= 0.6 is 0 Å². The van der Waals surface area contributed by atoms with Crippen molar-refractivity contribution in [3.8, 4) is 0 Å². The summed E-state index contributed by atoms with van der Waals surface area (Å²) in [6.45, 7) is 3.40. The van der Waals surface area contributed by atoms with E-state index in [-0.39, 0.29) is 12.1 Å². The lowest BCUT2D eigenvalue weighted by atomic mass is 10.1. The molecule has 3 rings (SSSR count). The molecule has 0 radical (unpaired) electrons. The number of aryl methyl sites for hydroxylation is 1. The van der Waals surface area contributed by atoms with Crippen LogP contribution in [0.2, 0.25) is 0 Å². The molecule has 1 saturated heterocycles. The lowest BCUT2D eigenvalue weighted by Gasteiger charge is -2.34. The number of amides is 2. The molecular weight excluding hydrogens is 374 g/mol. The molecule has 1 unspecified atom stereocenters. The second-order valence-corrected chi connectivity index (χ2v) is 9.02. The Balaban J connectivity index is 1.47. The van der Waals surface area contributed by atoms with E-state index < -0.39 is 10.0 Å². The Morgan fingerprint density at radius 2 is 1.54 bits per heavy atom. The summed E-state index contributed by atoms with van der Waals surface area (Å²) in [7, 11) is -3.50. The van der Waals surface area contributed by atoms with Gasteiger partial charge in [-0.2, -0.15) is 4.31 Å². The molecule has 0 spiro atoms. The summed E-state index contributed by atoms with van der Waals surface area (Å²) >= 11 is 0. The molecule has 2 aromatic rings. The van der Waals surface area contributed by atoms with Gasteiger partial charge in [-0.05, 0) is 37.5 Å². The zero-order valence-electron chi connectivity index (χ0n) is 16.1. The Morgan fingerprint density at radius 3 is 2.14 bits per heavy atom. The molecule has 1 N–H and O–H groups in total. The van der Waals surface area contributed by atoms with E-state index in [9.17, 15) is 13.2 Å². The number of nitrogens with one attached hydrogen (secondary N) is 1. The normalized spacial score (nSPS) is 16.5. The Labute approximate surface area is 167 Å². The predicted octanol–water partition coefficient (Wildman–Crippen LogP) is 2.72. The summed E-state index contributed by atoms with van der Waals surface area (Å²) in [6.07, 6.45) is 1.77. The van der Waals surface area contributed by atoms with Crippen molar-refractivity contribution in [3.05, 3.63) is 66.2 Å². The number of hydrogen-bond acceptors (Lipinski definition) is 3. The van der Waals surface area contributed by atoms with Crippen LogP contribution in [0.25, 0.3) is 0 Å². The molecule has 150 valence electrons. The highest BCUT2D eigenvalue weighted by Crippen LogP contribution is 2.17. The van der Waals surface area contributed by atoms with Crippen LogP contribution in [0.3, 0.4) is 0 Å².